The van der Waals surface area contributed by atoms with Crippen LogP contribution in [0.1, 0.15) is 37.2 Å². The van der Waals surface area contributed by atoms with Crippen LogP contribution in [0.25, 0.3) is 0 Å². The van der Waals surface area contributed by atoms with E-state index in [1.165, 1.54) is 5.56 Å². The Morgan fingerprint density at radius 1 is 1.38 bits per heavy atom. The standard InChI is InChI=1S/C15H16O/c1-2-3-5-10-15(16)14-11-13(14)12-8-6-4-7-9-12/h1,4,6-9,13-14H,3,5,10-11H2. The Morgan fingerprint density at radius 3 is 2.81 bits per heavy atom. The summed E-state index contributed by atoms with van der Waals surface area (Å²) in [6.45, 7) is 0. The van der Waals surface area contributed by atoms with E-state index in [0.717, 1.165) is 12.8 Å². The molecule has 0 radical (unpaired) electrons. The summed E-state index contributed by atoms with van der Waals surface area (Å²) in [6.07, 6.45) is 8.40. The van der Waals surface area contributed by atoms with E-state index in [4.69, 9.17) is 6.42 Å². The van der Waals surface area contributed by atoms with E-state index in [1.54, 1.807) is 0 Å². The van der Waals surface area contributed by atoms with Gasteiger partial charge in [0.1, 0.15) is 5.78 Å². The molecule has 0 aliphatic heterocycles. The number of hydrogen-bond donors (Lipinski definition) is 0. The Hall–Kier alpha value is -1.55. The van der Waals surface area contributed by atoms with Crippen molar-refractivity contribution < 1.29 is 4.79 Å². The molecule has 0 aromatic heterocycles. The predicted molar refractivity (Wildman–Crippen MR) is 65.0 cm³/mol. The number of benzene rings is 1. The van der Waals surface area contributed by atoms with Crippen LogP contribution in [-0.4, -0.2) is 5.78 Å². The molecule has 0 heterocycles. The summed E-state index contributed by atoms with van der Waals surface area (Å²) in [5.41, 5.74) is 1.30. The average Bonchev–Trinajstić information content (AvgIpc) is 3.10. The zero-order valence-electron chi connectivity index (χ0n) is 9.36. The molecule has 0 N–H and O–H groups in total. The molecule has 0 saturated heterocycles. The summed E-state index contributed by atoms with van der Waals surface area (Å²) in [5, 5.41) is 0. The second-order valence-corrected chi connectivity index (χ2v) is 4.38. The van der Waals surface area contributed by atoms with Crippen molar-refractivity contribution in [1.29, 1.82) is 0 Å². The number of ketones is 1. The summed E-state index contributed by atoms with van der Waals surface area (Å²) in [4.78, 5) is 11.8. The maximum absolute atomic E-state index is 11.8. The number of unbranched alkanes of at least 4 members (excludes halogenated alkanes) is 1. The molecule has 1 heteroatoms. The molecule has 2 unspecified atom stereocenters. The fourth-order valence-electron chi connectivity index (χ4n) is 2.17. The maximum Gasteiger partial charge on any atom is 0.136 e. The summed E-state index contributed by atoms with van der Waals surface area (Å²) < 4.78 is 0. The normalized spacial score (nSPS) is 22.4. The van der Waals surface area contributed by atoms with Gasteiger partial charge in [-0.2, -0.15) is 0 Å². The molecule has 1 fully saturated rings. The Balaban J connectivity index is 1.83. The second kappa shape index (κ2) is 4.99. The van der Waals surface area contributed by atoms with Crippen LogP contribution in [0.5, 0.6) is 0 Å². The number of rotatable bonds is 5. The lowest BCUT2D eigenvalue weighted by Gasteiger charge is -1.99. The SMILES string of the molecule is C#CCCCC(=O)C1CC1c1ccccc1. The average molecular weight is 212 g/mol. The molecule has 2 rings (SSSR count). The molecule has 1 aromatic rings. The van der Waals surface area contributed by atoms with E-state index in [9.17, 15) is 4.79 Å². The third-order valence-electron chi connectivity index (χ3n) is 3.18. The van der Waals surface area contributed by atoms with Gasteiger partial charge in [0.2, 0.25) is 0 Å². The van der Waals surface area contributed by atoms with Crippen molar-refractivity contribution >= 4 is 5.78 Å². The first-order chi connectivity index (χ1) is 7.83. The molecule has 1 saturated carbocycles. The van der Waals surface area contributed by atoms with Gasteiger partial charge in [-0.3, -0.25) is 4.79 Å². The highest BCUT2D eigenvalue weighted by molar-refractivity contribution is 5.85. The van der Waals surface area contributed by atoms with E-state index < -0.39 is 0 Å². The first-order valence-corrected chi connectivity index (χ1v) is 5.84. The van der Waals surface area contributed by atoms with Crippen molar-refractivity contribution in [2.75, 3.05) is 0 Å². The Labute approximate surface area is 96.9 Å². The molecule has 0 amide bonds. The molecule has 0 bridgehead atoms. The lowest BCUT2D eigenvalue weighted by molar-refractivity contribution is -0.120. The lowest BCUT2D eigenvalue weighted by atomic mass is 10.0. The number of hydrogen-bond acceptors (Lipinski definition) is 1. The first-order valence-electron chi connectivity index (χ1n) is 5.84. The minimum Gasteiger partial charge on any atom is -0.299 e. The molecule has 1 aliphatic carbocycles. The first kappa shape index (κ1) is 11.0. The maximum atomic E-state index is 11.8. The van der Waals surface area contributed by atoms with Gasteiger partial charge in [0, 0.05) is 18.8 Å². The Kier molecular flexibility index (Phi) is 3.41. The smallest absolute Gasteiger partial charge is 0.136 e. The third kappa shape index (κ3) is 2.52. The van der Waals surface area contributed by atoms with Gasteiger partial charge in [-0.1, -0.05) is 30.3 Å². The summed E-state index contributed by atoms with van der Waals surface area (Å²) in [7, 11) is 0. The molecular weight excluding hydrogens is 196 g/mol. The fraction of sp³-hybridized carbons (Fsp3) is 0.400. The van der Waals surface area contributed by atoms with Gasteiger partial charge in [0.05, 0.1) is 0 Å². The second-order valence-electron chi connectivity index (χ2n) is 4.38. The van der Waals surface area contributed by atoms with Crippen LogP contribution in [0, 0.1) is 18.3 Å². The Bertz CT molecular complexity index is 399. The highest BCUT2D eigenvalue weighted by Crippen LogP contribution is 2.48. The zero-order chi connectivity index (χ0) is 11.4. The minimum atomic E-state index is 0.264. The molecule has 82 valence electrons. The molecule has 16 heavy (non-hydrogen) atoms. The van der Waals surface area contributed by atoms with Gasteiger partial charge in [0.25, 0.3) is 0 Å². The fourth-order valence-corrected chi connectivity index (χ4v) is 2.17. The number of terminal acetylenes is 1. The van der Waals surface area contributed by atoms with E-state index in [2.05, 4.69) is 18.1 Å². The lowest BCUT2D eigenvalue weighted by Crippen LogP contribution is -2.01. The molecule has 0 spiro atoms. The number of carbonyl (C=O) groups is 1. The van der Waals surface area contributed by atoms with E-state index in [1.807, 2.05) is 18.2 Å². The molecule has 2 atom stereocenters. The van der Waals surface area contributed by atoms with Gasteiger partial charge in [0.15, 0.2) is 0 Å². The van der Waals surface area contributed by atoms with E-state index in [0.29, 0.717) is 24.5 Å². The van der Waals surface area contributed by atoms with Crippen LogP contribution in [-0.2, 0) is 4.79 Å². The van der Waals surface area contributed by atoms with Gasteiger partial charge >= 0.3 is 0 Å². The van der Waals surface area contributed by atoms with Crippen LogP contribution in [0.15, 0.2) is 30.3 Å². The van der Waals surface area contributed by atoms with E-state index in [-0.39, 0.29) is 5.92 Å². The molecule has 1 aromatic carbocycles. The predicted octanol–water partition coefficient (Wildman–Crippen LogP) is 3.16. The van der Waals surface area contributed by atoms with Gasteiger partial charge in [-0.25, -0.2) is 0 Å². The topological polar surface area (TPSA) is 17.1 Å². The molecule has 1 aliphatic rings. The van der Waals surface area contributed by atoms with Crippen molar-refractivity contribution in [3.8, 4) is 12.3 Å². The Morgan fingerprint density at radius 2 is 2.12 bits per heavy atom. The summed E-state index contributed by atoms with van der Waals surface area (Å²) in [6, 6.07) is 10.3. The third-order valence-corrected chi connectivity index (χ3v) is 3.18. The van der Waals surface area contributed by atoms with Crippen molar-refractivity contribution in [2.24, 2.45) is 5.92 Å². The zero-order valence-corrected chi connectivity index (χ0v) is 9.36. The highest BCUT2D eigenvalue weighted by Gasteiger charge is 2.42. The van der Waals surface area contributed by atoms with Crippen LogP contribution < -0.4 is 0 Å². The van der Waals surface area contributed by atoms with Crippen molar-refractivity contribution in [1.82, 2.24) is 0 Å². The van der Waals surface area contributed by atoms with Gasteiger partial charge in [-0.15, -0.1) is 12.3 Å². The van der Waals surface area contributed by atoms with Crippen molar-refractivity contribution in [3.63, 3.8) is 0 Å². The summed E-state index contributed by atoms with van der Waals surface area (Å²) in [5.74, 6) is 3.70. The van der Waals surface area contributed by atoms with Crippen molar-refractivity contribution in [3.05, 3.63) is 35.9 Å². The van der Waals surface area contributed by atoms with Gasteiger partial charge in [-0.05, 0) is 24.3 Å². The largest absolute Gasteiger partial charge is 0.299 e. The molecule has 1 nitrogen and oxygen atoms in total. The van der Waals surface area contributed by atoms with Crippen LogP contribution in [0.4, 0.5) is 0 Å². The van der Waals surface area contributed by atoms with Gasteiger partial charge < -0.3 is 0 Å². The van der Waals surface area contributed by atoms with Crippen LogP contribution in [0.3, 0.4) is 0 Å². The molecular formula is C15H16O. The van der Waals surface area contributed by atoms with Crippen LogP contribution >= 0.6 is 0 Å². The summed E-state index contributed by atoms with van der Waals surface area (Å²) >= 11 is 0. The van der Waals surface area contributed by atoms with Crippen molar-refractivity contribution in [2.45, 2.75) is 31.6 Å². The van der Waals surface area contributed by atoms with E-state index >= 15 is 0 Å². The minimum absolute atomic E-state index is 0.264. The highest BCUT2D eigenvalue weighted by atomic mass is 16.1. The quantitative estimate of drug-likeness (QED) is 0.541. The number of carbonyl (C=O) groups excluding carboxylic acids is 1. The van der Waals surface area contributed by atoms with Crippen LogP contribution in [0.2, 0.25) is 0 Å². The number of Topliss-reactive ketones (excluding diaryl/α,β-unsaturated/α-hetero) is 1. The monoisotopic (exact) mass is 212 g/mol.